The number of anilines is 1. The van der Waals surface area contributed by atoms with E-state index >= 15 is 0 Å². The molecular formula is C14H22FN3O. The van der Waals surface area contributed by atoms with Crippen molar-refractivity contribution in [1.82, 2.24) is 9.97 Å². The summed E-state index contributed by atoms with van der Waals surface area (Å²) in [6, 6.07) is 0. The van der Waals surface area contributed by atoms with Crippen molar-refractivity contribution in [1.29, 1.82) is 0 Å². The normalized spacial score (nSPS) is 23.1. The van der Waals surface area contributed by atoms with Gasteiger partial charge in [-0.1, -0.05) is 20.3 Å². The van der Waals surface area contributed by atoms with Crippen molar-refractivity contribution in [3.8, 4) is 5.88 Å². The van der Waals surface area contributed by atoms with Crippen LogP contribution < -0.4 is 10.1 Å². The van der Waals surface area contributed by atoms with Gasteiger partial charge in [0.15, 0.2) is 0 Å². The van der Waals surface area contributed by atoms with Crippen molar-refractivity contribution in [2.75, 3.05) is 11.9 Å². The number of hydrogen-bond acceptors (Lipinski definition) is 4. The van der Waals surface area contributed by atoms with E-state index in [0.717, 1.165) is 32.2 Å². The molecule has 0 spiro atoms. The molecule has 0 aliphatic heterocycles. The molecule has 1 aromatic heterocycles. The van der Waals surface area contributed by atoms with Gasteiger partial charge in [-0.25, -0.2) is 4.98 Å². The maximum absolute atomic E-state index is 13.7. The fourth-order valence-corrected chi connectivity index (χ4v) is 2.36. The quantitative estimate of drug-likeness (QED) is 0.888. The molecule has 106 valence electrons. The predicted octanol–water partition coefficient (Wildman–Crippen LogP) is 3.40. The number of hydrogen-bond donors (Lipinski definition) is 1. The zero-order valence-electron chi connectivity index (χ0n) is 11.7. The molecule has 19 heavy (non-hydrogen) atoms. The van der Waals surface area contributed by atoms with Crippen LogP contribution in [0.5, 0.6) is 5.88 Å². The number of nitrogens with zero attached hydrogens (tertiary/aromatic N) is 2. The summed E-state index contributed by atoms with van der Waals surface area (Å²) in [6.07, 6.45) is 6.70. The third-order valence-electron chi connectivity index (χ3n) is 3.54. The first-order valence-corrected chi connectivity index (χ1v) is 7.13. The fourth-order valence-electron chi connectivity index (χ4n) is 2.36. The van der Waals surface area contributed by atoms with Crippen molar-refractivity contribution in [3.05, 3.63) is 12.0 Å². The first kappa shape index (κ1) is 14.0. The Morgan fingerprint density at radius 3 is 2.95 bits per heavy atom. The van der Waals surface area contributed by atoms with E-state index in [9.17, 15) is 4.39 Å². The molecule has 1 aliphatic rings. The molecule has 1 saturated carbocycles. The number of nitrogens with one attached hydrogen (secondary N) is 1. The monoisotopic (exact) mass is 267 g/mol. The van der Waals surface area contributed by atoms with Crippen LogP contribution in [0.3, 0.4) is 0 Å². The number of rotatable bonds is 5. The largest absolute Gasteiger partial charge is 0.472 e. The van der Waals surface area contributed by atoms with E-state index in [0.29, 0.717) is 11.9 Å². The predicted molar refractivity (Wildman–Crippen MR) is 72.8 cm³/mol. The summed E-state index contributed by atoms with van der Waals surface area (Å²) in [4.78, 5) is 8.03. The summed E-state index contributed by atoms with van der Waals surface area (Å²) in [6.45, 7) is 4.97. The van der Waals surface area contributed by atoms with E-state index in [4.69, 9.17) is 4.74 Å². The van der Waals surface area contributed by atoms with Crippen LogP contribution in [0.1, 0.15) is 46.0 Å². The molecule has 1 N–H and O–H groups in total. The van der Waals surface area contributed by atoms with Gasteiger partial charge in [0.25, 0.3) is 5.88 Å². The molecule has 0 aromatic carbocycles. The third-order valence-corrected chi connectivity index (χ3v) is 3.54. The number of halogens is 1. The Bertz CT molecular complexity index is 414. The molecule has 2 unspecified atom stereocenters. The molecule has 4 nitrogen and oxygen atoms in total. The lowest BCUT2D eigenvalue weighted by molar-refractivity contribution is 0.0926. The Labute approximate surface area is 113 Å². The molecule has 1 aliphatic carbocycles. The average molecular weight is 267 g/mol. The first-order chi connectivity index (χ1) is 9.20. The van der Waals surface area contributed by atoms with Crippen LogP contribution in [0.4, 0.5) is 10.3 Å². The van der Waals surface area contributed by atoms with Gasteiger partial charge >= 0.3 is 0 Å². The molecule has 2 atom stereocenters. The molecule has 0 radical (unpaired) electrons. The van der Waals surface area contributed by atoms with E-state index in [-0.39, 0.29) is 12.0 Å². The molecule has 2 rings (SSSR count). The van der Waals surface area contributed by atoms with E-state index in [1.165, 1.54) is 12.6 Å². The minimum absolute atomic E-state index is 0.0668. The first-order valence-electron chi connectivity index (χ1n) is 7.13. The van der Waals surface area contributed by atoms with Gasteiger partial charge in [-0.15, -0.1) is 0 Å². The minimum Gasteiger partial charge on any atom is -0.472 e. The van der Waals surface area contributed by atoms with Crippen LogP contribution >= 0.6 is 0 Å². The zero-order chi connectivity index (χ0) is 13.7. The highest BCUT2D eigenvalue weighted by molar-refractivity contribution is 5.28. The van der Waals surface area contributed by atoms with Crippen molar-refractivity contribution < 1.29 is 9.13 Å². The van der Waals surface area contributed by atoms with E-state index in [1.54, 1.807) is 0 Å². The Kier molecular flexibility index (Phi) is 4.93. The summed E-state index contributed by atoms with van der Waals surface area (Å²) in [5.41, 5.74) is 0. The Balaban J connectivity index is 2.05. The Morgan fingerprint density at radius 2 is 2.21 bits per heavy atom. The molecule has 1 heterocycles. The minimum atomic E-state index is -0.486. The van der Waals surface area contributed by atoms with Crippen LogP contribution in [0, 0.1) is 11.7 Å². The van der Waals surface area contributed by atoms with Gasteiger partial charge < -0.3 is 10.1 Å². The average Bonchev–Trinajstić information content (AvgIpc) is 2.42. The highest BCUT2D eigenvalue weighted by atomic mass is 19.1. The maximum atomic E-state index is 13.7. The van der Waals surface area contributed by atoms with Gasteiger partial charge in [-0.05, 0) is 31.6 Å². The van der Waals surface area contributed by atoms with Crippen molar-refractivity contribution in [2.45, 2.75) is 52.1 Å². The van der Waals surface area contributed by atoms with Gasteiger partial charge in [-0.3, -0.25) is 0 Å². The second-order valence-electron chi connectivity index (χ2n) is 5.19. The highest BCUT2D eigenvalue weighted by Crippen LogP contribution is 2.28. The summed E-state index contributed by atoms with van der Waals surface area (Å²) in [7, 11) is 0. The van der Waals surface area contributed by atoms with Crippen molar-refractivity contribution in [3.63, 3.8) is 0 Å². The van der Waals surface area contributed by atoms with Crippen LogP contribution in [-0.2, 0) is 0 Å². The lowest BCUT2D eigenvalue weighted by Gasteiger charge is -2.28. The smallest absolute Gasteiger partial charge is 0.255 e. The van der Waals surface area contributed by atoms with E-state index in [1.807, 2.05) is 0 Å². The molecule has 0 amide bonds. The van der Waals surface area contributed by atoms with E-state index in [2.05, 4.69) is 29.1 Å². The lowest BCUT2D eigenvalue weighted by atomic mass is 9.88. The molecule has 0 bridgehead atoms. The van der Waals surface area contributed by atoms with Gasteiger partial charge in [0.1, 0.15) is 6.10 Å². The van der Waals surface area contributed by atoms with Crippen LogP contribution in [0.15, 0.2) is 6.20 Å². The van der Waals surface area contributed by atoms with Crippen molar-refractivity contribution >= 4 is 5.95 Å². The summed E-state index contributed by atoms with van der Waals surface area (Å²) >= 11 is 0. The topological polar surface area (TPSA) is 47.0 Å². The lowest BCUT2D eigenvalue weighted by Crippen LogP contribution is -2.29. The van der Waals surface area contributed by atoms with Crippen LogP contribution in [0.25, 0.3) is 0 Å². The van der Waals surface area contributed by atoms with Crippen molar-refractivity contribution in [2.24, 2.45) is 5.92 Å². The molecule has 1 fully saturated rings. The SMILES string of the molecule is CCCNc1ncc(F)c(OC2CCCCC2C)n1. The molecule has 5 heteroatoms. The number of ether oxygens (including phenoxy) is 1. The van der Waals surface area contributed by atoms with Crippen LogP contribution in [-0.4, -0.2) is 22.6 Å². The number of aromatic nitrogens is 2. The van der Waals surface area contributed by atoms with E-state index < -0.39 is 5.82 Å². The zero-order valence-corrected chi connectivity index (χ0v) is 11.7. The summed E-state index contributed by atoms with van der Waals surface area (Å²) < 4.78 is 19.4. The van der Waals surface area contributed by atoms with Gasteiger partial charge in [0.2, 0.25) is 11.8 Å². The standard InChI is InChI=1S/C14H22FN3O/c1-3-8-16-14-17-9-11(15)13(18-14)19-12-7-5-4-6-10(12)2/h9-10,12H,3-8H2,1-2H3,(H,16,17,18). The fraction of sp³-hybridized carbons (Fsp3) is 0.714. The van der Waals surface area contributed by atoms with Crippen LogP contribution in [0.2, 0.25) is 0 Å². The summed E-state index contributed by atoms with van der Waals surface area (Å²) in [5.74, 6) is 0.476. The molecule has 1 aromatic rings. The van der Waals surface area contributed by atoms with Gasteiger partial charge in [0, 0.05) is 6.54 Å². The second-order valence-corrected chi connectivity index (χ2v) is 5.19. The molecule has 0 saturated heterocycles. The highest BCUT2D eigenvalue weighted by Gasteiger charge is 2.24. The maximum Gasteiger partial charge on any atom is 0.255 e. The summed E-state index contributed by atoms with van der Waals surface area (Å²) in [5, 5.41) is 3.04. The third kappa shape index (κ3) is 3.78. The Hall–Kier alpha value is -1.39. The second kappa shape index (κ2) is 6.68. The van der Waals surface area contributed by atoms with Gasteiger partial charge in [-0.2, -0.15) is 9.37 Å². The van der Waals surface area contributed by atoms with Gasteiger partial charge in [0.05, 0.1) is 6.20 Å². The molecular weight excluding hydrogens is 245 g/mol. The Morgan fingerprint density at radius 1 is 1.42 bits per heavy atom.